The van der Waals surface area contributed by atoms with E-state index in [0.29, 0.717) is 64.2 Å². The van der Waals surface area contributed by atoms with Gasteiger partial charge in [-0.3, -0.25) is 39.1 Å². The number of rotatable bonds is 28. The fraction of sp³-hybridized carbons (Fsp3) is 0.327. The van der Waals surface area contributed by atoms with Crippen molar-refractivity contribution in [3.63, 3.8) is 0 Å². The zero-order valence-corrected chi connectivity index (χ0v) is 76.9. The number of hydrogen-bond acceptors (Lipinski definition) is 22. The number of aryl methyl sites for hydroxylation is 2. The van der Waals surface area contributed by atoms with Crippen molar-refractivity contribution in [3.05, 3.63) is 298 Å². The maximum Gasteiger partial charge on any atom is 0.249 e. The number of nitrogens with zero attached hydrogens (tertiary/aromatic N) is 4. The van der Waals surface area contributed by atoms with Crippen LogP contribution in [-0.4, -0.2) is 121 Å². The zero-order chi connectivity index (χ0) is 93.7. The van der Waals surface area contributed by atoms with E-state index in [0.717, 1.165) is 154 Å². The van der Waals surface area contributed by atoms with Crippen LogP contribution in [-0.2, 0) is 99.4 Å². The van der Waals surface area contributed by atoms with Gasteiger partial charge in [-0.25, -0.2) is 30.3 Å². The highest BCUT2D eigenvalue weighted by atomic mass is 32.2. The highest BCUT2D eigenvalue weighted by molar-refractivity contribution is 7.92. The molecule has 0 amide bonds. The number of hydrogen-bond donors (Lipinski definition) is 3. The second-order valence-electron chi connectivity index (χ2n) is 36.7. The lowest BCUT2D eigenvalue weighted by Gasteiger charge is -2.23. The van der Waals surface area contributed by atoms with E-state index in [1.165, 1.54) is 41.0 Å². The van der Waals surface area contributed by atoms with Gasteiger partial charge >= 0.3 is 0 Å². The molecule has 8 aromatic carbocycles. The quantitative estimate of drug-likeness (QED) is 0.0410. The lowest BCUT2D eigenvalue weighted by molar-refractivity contribution is -0.121. The number of fused-ring (bicyclic) bond motifs is 4. The highest BCUT2D eigenvalue weighted by Gasteiger charge is 2.55. The van der Waals surface area contributed by atoms with E-state index in [9.17, 15) is 55.0 Å². The molecule has 5 fully saturated rings. The average Bonchev–Trinajstić information content (AvgIpc) is 1.55. The summed E-state index contributed by atoms with van der Waals surface area (Å²) in [5.74, 6) is 3.37. The minimum atomic E-state index is -3.83. The molecule has 3 N–H and O–H groups in total. The normalized spacial score (nSPS) is 17.3. The van der Waals surface area contributed by atoms with Gasteiger partial charge in [0.2, 0.25) is 43.1 Å². The number of carbonyl (C=O) groups is 4. The van der Waals surface area contributed by atoms with Crippen LogP contribution in [0.25, 0.3) is 44.8 Å². The van der Waals surface area contributed by atoms with Gasteiger partial charge in [0.25, 0.3) is 0 Å². The molecule has 1 unspecified atom stereocenters. The van der Waals surface area contributed by atoms with Gasteiger partial charge in [0.15, 0.2) is 55.8 Å². The monoisotopic (exact) mass is 1850 g/mol. The molecule has 1 atom stereocenters. The van der Waals surface area contributed by atoms with E-state index in [1.807, 2.05) is 147 Å². The SMILES string of the molecule is CC(C)(CO)NS(=O)(=O)c1ccc(-c2cccc(CC(=O)C3(c4ccc5c(c4)OCO5)CC3)n2)cc1.CCc1ccccc1-c1cnc(CC(=O)C2(c3ccc4c(c3)OCO4)CC2)c(C)c1C.Cc1nc(CC(=O)C2(c3ccc4c(c3)OCO4)CC2)ccc1-c1ccc(CO)cc1.O=C(Cc1cccc(-c2ccc(S(=O)(=O)C3CCC(F)(F)C3)cc2)n1)C1(c2ccc3c(c2)OCO3)CC1.[HH].[HH].[HH]. The van der Waals surface area contributed by atoms with Gasteiger partial charge in [-0.05, 0) is 258 Å². The summed E-state index contributed by atoms with van der Waals surface area (Å²) in [4.78, 5) is 72.2. The van der Waals surface area contributed by atoms with Gasteiger partial charge in [0, 0.05) is 94.0 Å². The molecule has 4 aromatic heterocycles. The molecular weight excluding hydrogens is 1750 g/mol. The fourth-order valence-corrected chi connectivity index (χ4v) is 21.7. The molecular formula is C107H109F2N5O18S2. The van der Waals surface area contributed by atoms with Crippen molar-refractivity contribution in [2.75, 3.05) is 33.8 Å². The zero-order valence-electron chi connectivity index (χ0n) is 75.3. The molecule has 0 spiro atoms. The smallest absolute Gasteiger partial charge is 0.249 e. The van der Waals surface area contributed by atoms with E-state index in [-0.39, 0.29) is 96.9 Å². The van der Waals surface area contributed by atoms with Crippen LogP contribution in [0.5, 0.6) is 46.0 Å². The number of ketones is 4. The van der Waals surface area contributed by atoms with Crippen molar-refractivity contribution in [1.82, 2.24) is 24.7 Å². The van der Waals surface area contributed by atoms with Crippen LogP contribution in [0.1, 0.15) is 169 Å². The number of benzene rings is 8. The topological polar surface area (TPSA) is 314 Å². The number of aliphatic hydroxyl groups is 2. The first-order valence-corrected chi connectivity index (χ1v) is 48.3. The first-order chi connectivity index (χ1) is 64.4. The van der Waals surface area contributed by atoms with E-state index in [4.69, 9.17) is 47.9 Å². The third-order valence-corrected chi connectivity index (χ3v) is 31.3. The molecule has 4 aliphatic heterocycles. The third kappa shape index (κ3) is 18.9. The minimum absolute atomic E-state index is 0. The number of halogens is 2. The number of ether oxygens (including phenoxy) is 8. The first kappa shape index (κ1) is 91.6. The van der Waals surface area contributed by atoms with Gasteiger partial charge in [-0.1, -0.05) is 122 Å². The second kappa shape index (κ2) is 36.8. The Morgan fingerprint density at radius 1 is 0.440 bits per heavy atom. The first-order valence-electron chi connectivity index (χ1n) is 45.2. The summed E-state index contributed by atoms with van der Waals surface area (Å²) in [6.45, 7) is 12.1. The van der Waals surface area contributed by atoms with Crippen molar-refractivity contribution < 1.29 is 97.2 Å². The lowest BCUT2D eigenvalue weighted by atomic mass is 9.87. The van der Waals surface area contributed by atoms with Gasteiger partial charge in [-0.2, -0.15) is 0 Å². The van der Waals surface area contributed by atoms with Crippen LogP contribution in [0, 0.1) is 20.8 Å². The fourth-order valence-electron chi connectivity index (χ4n) is 18.5. The molecule has 5 aliphatic carbocycles. The molecule has 9 aliphatic rings. The van der Waals surface area contributed by atoms with Crippen LogP contribution in [0.3, 0.4) is 0 Å². The number of sulfonamides is 1. The molecule has 134 heavy (non-hydrogen) atoms. The molecule has 21 rings (SSSR count). The molecule has 8 heterocycles. The van der Waals surface area contributed by atoms with E-state index < -0.39 is 71.1 Å². The summed E-state index contributed by atoms with van der Waals surface area (Å²) in [5.41, 5.74) is 16.6. The summed E-state index contributed by atoms with van der Waals surface area (Å²) in [7, 11) is -7.62. The van der Waals surface area contributed by atoms with Crippen molar-refractivity contribution in [3.8, 4) is 90.8 Å². The standard InChI is InChI=1S/C28H25F2NO5S.C27H28N2O6S.C27H27NO3.C25H23NO4.3H2/c29-28(30)11-10-22(16-28)37(33,34)21-7-4-18(5-8-21)23-3-1-2-20(31-23)15-26(32)27(12-13-27)19-6-9-24-25(14-19)36-17-35-24;1-26(2,16-30)29-36(32,33)21-9-6-18(7-10-21)22-5-3-4-20(28-22)15-25(31)27(12-13-27)19-8-11-23-24(14-19)35-17-34-23;1-4-19-7-5-6-8-21(19)22-15-28-23(18(3)17(22)2)14-26(29)27(11-12-27)20-9-10-24-25(13-20)31-16-30-24;1-16-21(18-4-2-17(14-27)3-5-18)8-7-20(26-16)13-24(28)25(10-11-25)19-6-9-22-23(12-19)30-15-29-22;;;/h1-9,14,22H,10-13,15-17H2;3-11,14,29-30H,12-13,15-17H2,1-2H3;5-10,13,15H,4,11-12,14,16H2,1-3H3;2-9,12,27H,10-11,13-15H2,1H3;3*1H. The van der Waals surface area contributed by atoms with Crippen molar-refractivity contribution in [2.24, 2.45) is 0 Å². The Hall–Kier alpha value is -12.9. The summed E-state index contributed by atoms with van der Waals surface area (Å²) in [6.07, 6.45) is 9.51. The molecule has 12 aromatic rings. The molecule has 0 bridgehead atoms. The molecule has 5 saturated carbocycles. The summed E-state index contributed by atoms with van der Waals surface area (Å²) < 4.78 is 124. The predicted molar refractivity (Wildman–Crippen MR) is 505 cm³/mol. The Morgan fingerprint density at radius 2 is 0.851 bits per heavy atom. The Morgan fingerprint density at radius 3 is 1.25 bits per heavy atom. The van der Waals surface area contributed by atoms with Crippen LogP contribution in [0.4, 0.5) is 8.78 Å². The van der Waals surface area contributed by atoms with Gasteiger partial charge in [0.1, 0.15) is 23.1 Å². The molecule has 27 heteroatoms. The van der Waals surface area contributed by atoms with Gasteiger partial charge in [0.05, 0.1) is 72.5 Å². The molecule has 23 nitrogen and oxygen atoms in total. The minimum Gasteiger partial charge on any atom is -0.454 e. The Kier molecular flexibility index (Phi) is 25.2. The van der Waals surface area contributed by atoms with Gasteiger partial charge in [-0.15, -0.1) is 0 Å². The third-order valence-electron chi connectivity index (χ3n) is 27.4. The Balaban J connectivity index is 0.000000138. The number of alkyl halides is 2. The van der Waals surface area contributed by atoms with Crippen LogP contribution in [0.15, 0.2) is 234 Å². The second-order valence-corrected chi connectivity index (χ2v) is 40.6. The summed E-state index contributed by atoms with van der Waals surface area (Å²) >= 11 is 0. The Labute approximate surface area is 781 Å². The number of carbonyl (C=O) groups excluding carboxylic acids is 4. The van der Waals surface area contributed by atoms with E-state index in [1.54, 1.807) is 50.2 Å². The number of sulfone groups is 1. The number of aliphatic hydroxyl groups excluding tert-OH is 2. The van der Waals surface area contributed by atoms with Crippen molar-refractivity contribution in [1.29, 1.82) is 0 Å². The Bertz CT molecular complexity index is 6830. The number of nitrogens with one attached hydrogen (secondary N) is 1. The number of Topliss-reactive ketones (excluding diaryl/α,β-unsaturated/α-hetero) is 4. The van der Waals surface area contributed by atoms with E-state index in [2.05, 4.69) is 59.7 Å². The van der Waals surface area contributed by atoms with Crippen LogP contribution >= 0.6 is 0 Å². The maximum absolute atomic E-state index is 13.6. The van der Waals surface area contributed by atoms with Gasteiger partial charge < -0.3 is 48.1 Å². The number of pyridine rings is 4. The molecule has 696 valence electrons. The largest absolute Gasteiger partial charge is 0.454 e. The summed E-state index contributed by atoms with van der Waals surface area (Å²) in [5, 5.41) is 17.5. The summed E-state index contributed by atoms with van der Waals surface area (Å²) in [6, 6.07) is 66.7. The van der Waals surface area contributed by atoms with Crippen molar-refractivity contribution in [2.45, 2.75) is 199 Å². The van der Waals surface area contributed by atoms with Crippen LogP contribution in [0.2, 0.25) is 0 Å². The average molecular weight is 1860 g/mol. The van der Waals surface area contributed by atoms with Crippen molar-refractivity contribution >= 4 is 43.0 Å². The highest BCUT2D eigenvalue weighted by Crippen LogP contribution is 2.56. The molecule has 0 saturated heterocycles. The van der Waals surface area contributed by atoms with E-state index >= 15 is 0 Å². The van der Waals surface area contributed by atoms with Crippen LogP contribution < -0.4 is 42.6 Å². The molecule has 0 radical (unpaired) electrons. The number of aromatic nitrogens is 4. The lowest BCUT2D eigenvalue weighted by Crippen LogP contribution is -2.46. The maximum atomic E-state index is 13.6. The predicted octanol–water partition coefficient (Wildman–Crippen LogP) is 19.0.